The molecule has 0 radical (unpaired) electrons. The predicted molar refractivity (Wildman–Crippen MR) is 217 cm³/mol. The van der Waals surface area contributed by atoms with Gasteiger partial charge in [0.15, 0.2) is 11.9 Å². The zero-order chi connectivity index (χ0) is 39.5. The molecule has 7 nitrogen and oxygen atoms in total. The van der Waals surface area contributed by atoms with Crippen molar-refractivity contribution in [3.63, 3.8) is 0 Å². The van der Waals surface area contributed by atoms with Crippen LogP contribution in [0.25, 0.3) is 0 Å². The Morgan fingerprint density at radius 1 is 0.792 bits per heavy atom. The van der Waals surface area contributed by atoms with E-state index in [1.54, 1.807) is 7.05 Å². The molecule has 1 N–H and O–H groups in total. The predicted octanol–water partition coefficient (Wildman–Crippen LogP) is 9.45. The van der Waals surface area contributed by atoms with Crippen molar-refractivity contribution >= 4 is 17.7 Å². The Balaban J connectivity index is 1.56. The molecule has 0 aromatic carbocycles. The third kappa shape index (κ3) is 12.1. The lowest BCUT2D eigenvalue weighted by Crippen LogP contribution is -2.40. The van der Waals surface area contributed by atoms with Crippen molar-refractivity contribution in [1.82, 2.24) is 10.2 Å². The molecule has 284 valence electrons. The second-order valence-corrected chi connectivity index (χ2v) is 15.6. The summed E-state index contributed by atoms with van der Waals surface area (Å²) in [6, 6.07) is 0. The fourth-order valence-electron chi connectivity index (χ4n) is 6.91. The van der Waals surface area contributed by atoms with Crippen LogP contribution in [-0.2, 0) is 23.9 Å². The zero-order valence-corrected chi connectivity index (χ0v) is 34.0. The molecule has 1 aliphatic heterocycles. The molecule has 0 aromatic heterocycles. The van der Waals surface area contributed by atoms with E-state index in [9.17, 15) is 14.4 Å². The minimum atomic E-state index is -0.746. The number of rotatable bonds is 13. The first-order chi connectivity index (χ1) is 24.9. The summed E-state index contributed by atoms with van der Waals surface area (Å²) in [5.74, 6) is 0.0360. The van der Waals surface area contributed by atoms with E-state index >= 15 is 0 Å². The highest BCUT2D eigenvalue weighted by molar-refractivity contribution is 6.01. The van der Waals surface area contributed by atoms with Gasteiger partial charge in [-0.2, -0.15) is 0 Å². The van der Waals surface area contributed by atoms with Gasteiger partial charge in [0, 0.05) is 19.9 Å². The number of likely N-dealkylation sites (N-methyl/N-ethyl adjacent to an activating group) is 2. The van der Waals surface area contributed by atoms with Gasteiger partial charge in [0.05, 0.1) is 12.2 Å². The topological polar surface area (TPSA) is 84.9 Å². The van der Waals surface area contributed by atoms with E-state index in [0.29, 0.717) is 18.4 Å². The molecule has 3 rings (SSSR count). The maximum absolute atomic E-state index is 13.0. The van der Waals surface area contributed by atoms with Crippen LogP contribution < -0.4 is 5.32 Å². The lowest BCUT2D eigenvalue weighted by atomic mass is 9.71. The Bertz CT molecular complexity index is 1820. The maximum Gasteiger partial charge on any atom is 0.330 e. The summed E-state index contributed by atoms with van der Waals surface area (Å²) in [6.07, 6.45) is 29.4. The number of hydrogen-bond donors (Lipinski definition) is 1. The SMILES string of the molecule is CNCC(=O)O[C@H]1CC(C)(C)C(/C=C/C(C)=C/C=C/C(C)=C/C=C/C=C(C)/C=C/C=C(C)/C=C/C2=C(C)C3=C(CC2(C)C)OC(=O)CN3C)=C(C)C1=O. The Kier molecular flexibility index (Phi) is 15.2. The standard InChI is InChI=1S/C46H60N2O5/c1-31(19-15-21-33(3)23-25-37-35(5)43-39(27-45(37,7)8)52-42(50)30-48(43)12)17-13-14-18-32(2)20-16-22-34(4)24-26-38-36(6)44(51)40(28-46(38,9)10)53-41(49)29-47-11/h13-26,40,47H,27-30H2,1-12H3/b14-13+,19-15+,20-16+,25-23+,26-24+,31-17+,32-18+,33-21+,34-22+/t40-/m0/s1. The number of esters is 2. The van der Waals surface area contributed by atoms with Crippen molar-refractivity contribution in [3.05, 3.63) is 141 Å². The molecule has 7 heteroatoms. The summed E-state index contributed by atoms with van der Waals surface area (Å²) in [7, 11) is 3.62. The van der Waals surface area contributed by atoms with Gasteiger partial charge >= 0.3 is 11.9 Å². The van der Waals surface area contributed by atoms with Crippen molar-refractivity contribution in [2.24, 2.45) is 10.8 Å². The molecule has 0 spiro atoms. The molecule has 0 unspecified atom stereocenters. The van der Waals surface area contributed by atoms with Crippen molar-refractivity contribution < 1.29 is 23.9 Å². The smallest absolute Gasteiger partial charge is 0.330 e. The number of ketones is 1. The third-order valence-corrected chi connectivity index (χ3v) is 9.72. The van der Waals surface area contributed by atoms with Crippen LogP contribution in [0.3, 0.4) is 0 Å². The fraction of sp³-hybridized carbons (Fsp3) is 0.413. The number of nitrogens with one attached hydrogen (secondary N) is 1. The summed E-state index contributed by atoms with van der Waals surface area (Å²) in [4.78, 5) is 38.9. The van der Waals surface area contributed by atoms with Gasteiger partial charge in [0.2, 0.25) is 0 Å². The quantitative estimate of drug-likeness (QED) is 0.150. The molecule has 0 saturated heterocycles. The average molecular weight is 721 g/mol. The third-order valence-electron chi connectivity index (χ3n) is 9.72. The molecular formula is C46H60N2O5. The molecule has 3 aliphatic rings. The van der Waals surface area contributed by atoms with E-state index in [2.05, 4.69) is 109 Å². The molecule has 0 fully saturated rings. The lowest BCUT2D eigenvalue weighted by molar-refractivity contribution is -0.155. The molecule has 1 atom stereocenters. The van der Waals surface area contributed by atoms with Crippen molar-refractivity contribution in [1.29, 1.82) is 0 Å². The van der Waals surface area contributed by atoms with Gasteiger partial charge in [0.25, 0.3) is 0 Å². The normalized spacial score (nSPS) is 22.1. The zero-order valence-electron chi connectivity index (χ0n) is 34.0. The van der Waals surface area contributed by atoms with Gasteiger partial charge in [0.1, 0.15) is 12.3 Å². The minimum absolute atomic E-state index is 0.0785. The van der Waals surface area contributed by atoms with E-state index in [0.717, 1.165) is 44.9 Å². The summed E-state index contributed by atoms with van der Waals surface area (Å²) >= 11 is 0. The summed E-state index contributed by atoms with van der Waals surface area (Å²) in [6.45, 7) is 21.1. The number of ether oxygens (including phenoxy) is 2. The van der Waals surface area contributed by atoms with Crippen LogP contribution in [0.15, 0.2) is 141 Å². The largest absolute Gasteiger partial charge is 0.453 e. The second kappa shape index (κ2) is 18.8. The van der Waals surface area contributed by atoms with Crippen LogP contribution in [0.1, 0.15) is 82.1 Å². The highest BCUT2D eigenvalue weighted by atomic mass is 16.5. The van der Waals surface area contributed by atoms with E-state index < -0.39 is 12.1 Å². The lowest BCUT2D eigenvalue weighted by Gasteiger charge is -2.40. The van der Waals surface area contributed by atoms with Crippen LogP contribution in [0.5, 0.6) is 0 Å². The van der Waals surface area contributed by atoms with Crippen LogP contribution >= 0.6 is 0 Å². The molecule has 0 aromatic rings. The van der Waals surface area contributed by atoms with Crippen LogP contribution in [-0.4, -0.2) is 55.9 Å². The van der Waals surface area contributed by atoms with E-state index in [-0.39, 0.29) is 35.7 Å². The van der Waals surface area contributed by atoms with Crippen molar-refractivity contribution in [2.45, 2.75) is 88.2 Å². The minimum Gasteiger partial charge on any atom is -0.453 e. The van der Waals surface area contributed by atoms with Crippen molar-refractivity contribution in [2.75, 3.05) is 27.2 Å². The van der Waals surface area contributed by atoms with E-state index in [4.69, 9.17) is 9.47 Å². The van der Waals surface area contributed by atoms with Crippen LogP contribution in [0, 0.1) is 10.8 Å². The van der Waals surface area contributed by atoms with Crippen LogP contribution in [0.4, 0.5) is 0 Å². The number of hydrogen-bond acceptors (Lipinski definition) is 7. The van der Waals surface area contributed by atoms with Gasteiger partial charge in [-0.1, -0.05) is 135 Å². The molecular weight excluding hydrogens is 661 g/mol. The summed E-state index contributed by atoms with van der Waals surface area (Å²) in [5.41, 5.74) is 9.07. The molecule has 0 amide bonds. The second-order valence-electron chi connectivity index (χ2n) is 15.6. The Morgan fingerprint density at radius 3 is 1.81 bits per heavy atom. The number of Topliss-reactive ketones (excluding diaryl/α,β-unsaturated/α-hetero) is 1. The Labute approximate surface area is 318 Å². The number of allylic oxidation sites excluding steroid dienone is 22. The van der Waals surface area contributed by atoms with E-state index in [1.807, 2.05) is 62.3 Å². The maximum atomic E-state index is 13.0. The Morgan fingerprint density at radius 2 is 1.28 bits per heavy atom. The monoisotopic (exact) mass is 720 g/mol. The van der Waals surface area contributed by atoms with Gasteiger partial charge in [-0.3, -0.25) is 9.59 Å². The first kappa shape index (κ1) is 42.7. The number of nitrogens with zero attached hydrogens (tertiary/aromatic N) is 1. The molecule has 53 heavy (non-hydrogen) atoms. The van der Waals surface area contributed by atoms with Gasteiger partial charge in [-0.25, -0.2) is 4.79 Å². The van der Waals surface area contributed by atoms with Crippen molar-refractivity contribution in [3.8, 4) is 0 Å². The fourth-order valence-corrected chi connectivity index (χ4v) is 6.91. The van der Waals surface area contributed by atoms with Gasteiger partial charge in [-0.05, 0) is 81.7 Å². The first-order valence-electron chi connectivity index (χ1n) is 18.4. The van der Waals surface area contributed by atoms with Gasteiger partial charge < -0.3 is 19.7 Å². The first-order valence-corrected chi connectivity index (χ1v) is 18.4. The molecule has 0 bridgehead atoms. The highest BCUT2D eigenvalue weighted by Crippen LogP contribution is 2.46. The summed E-state index contributed by atoms with van der Waals surface area (Å²) in [5, 5.41) is 2.77. The van der Waals surface area contributed by atoms with Gasteiger partial charge in [-0.15, -0.1) is 0 Å². The van der Waals surface area contributed by atoms with Crippen LogP contribution in [0.2, 0.25) is 0 Å². The highest BCUT2D eigenvalue weighted by Gasteiger charge is 2.40. The number of carbonyl (C=O) groups is 3. The molecule has 0 saturated carbocycles. The summed E-state index contributed by atoms with van der Waals surface area (Å²) < 4.78 is 11.1. The molecule has 1 heterocycles. The Hall–Kier alpha value is -4.75. The average Bonchev–Trinajstić information content (AvgIpc) is 3.04. The number of carbonyl (C=O) groups excluding carboxylic acids is 3. The molecule has 2 aliphatic carbocycles. The van der Waals surface area contributed by atoms with E-state index in [1.165, 1.54) is 5.57 Å².